The van der Waals surface area contributed by atoms with Crippen LogP contribution in [0.15, 0.2) is 60.0 Å². The number of hydrogen-bond acceptors (Lipinski definition) is 4. The molecule has 2 N–H and O–H groups in total. The number of anilines is 1. The van der Waals surface area contributed by atoms with Gasteiger partial charge in [0.2, 0.25) is 5.91 Å². The molecule has 0 fully saturated rings. The minimum atomic E-state index is -0.268. The van der Waals surface area contributed by atoms with Gasteiger partial charge in [0.25, 0.3) is 5.91 Å². The van der Waals surface area contributed by atoms with Crippen molar-refractivity contribution < 1.29 is 9.59 Å². The van der Waals surface area contributed by atoms with E-state index < -0.39 is 0 Å². The monoisotopic (exact) mass is 385 g/mol. The molecule has 1 aromatic heterocycles. The molecule has 0 radical (unpaired) electrons. The average Bonchev–Trinajstić information content (AvgIpc) is 3.08. The highest BCUT2D eigenvalue weighted by atomic mass is 35.5. The lowest BCUT2D eigenvalue weighted by atomic mass is 10.2. The highest BCUT2D eigenvalue weighted by Gasteiger charge is 2.11. The van der Waals surface area contributed by atoms with E-state index in [-0.39, 0.29) is 18.2 Å². The van der Waals surface area contributed by atoms with Crippen LogP contribution in [0.25, 0.3) is 0 Å². The van der Waals surface area contributed by atoms with E-state index in [1.54, 1.807) is 29.6 Å². The van der Waals surface area contributed by atoms with Crippen LogP contribution in [0, 0.1) is 0 Å². The molecule has 1 heterocycles. The van der Waals surface area contributed by atoms with Gasteiger partial charge in [-0.3, -0.25) is 14.9 Å². The molecule has 0 aliphatic heterocycles. The normalized spacial score (nSPS) is 10.3. The Balaban J connectivity index is 1.51. The maximum Gasteiger partial charge on any atom is 0.257 e. The number of amides is 2. The van der Waals surface area contributed by atoms with Crippen LogP contribution >= 0.6 is 22.9 Å². The Morgan fingerprint density at radius 2 is 1.77 bits per heavy atom. The number of nitrogens with zero attached hydrogens (tertiary/aromatic N) is 1. The molecule has 2 aromatic carbocycles. The van der Waals surface area contributed by atoms with Crippen LogP contribution < -0.4 is 10.6 Å². The second-order valence-electron chi connectivity index (χ2n) is 5.54. The smallest absolute Gasteiger partial charge is 0.257 e. The molecular weight excluding hydrogens is 370 g/mol. The second kappa shape index (κ2) is 8.60. The fourth-order valence-corrected chi connectivity index (χ4v) is 3.07. The van der Waals surface area contributed by atoms with Crippen LogP contribution in [0.1, 0.15) is 21.6 Å². The van der Waals surface area contributed by atoms with Crippen molar-refractivity contribution in [1.82, 2.24) is 10.3 Å². The van der Waals surface area contributed by atoms with Gasteiger partial charge in [0.05, 0.1) is 12.1 Å². The average molecular weight is 386 g/mol. The SMILES string of the molecule is O=C(Cc1csc(NC(=O)c2ccc(Cl)cc2)n1)NCc1ccccc1. The first-order valence-corrected chi connectivity index (χ1v) is 9.18. The molecule has 0 bridgehead atoms. The second-order valence-corrected chi connectivity index (χ2v) is 6.84. The van der Waals surface area contributed by atoms with Crippen molar-refractivity contribution in [3.05, 3.63) is 81.8 Å². The van der Waals surface area contributed by atoms with E-state index in [4.69, 9.17) is 11.6 Å². The van der Waals surface area contributed by atoms with Gasteiger partial charge in [-0.05, 0) is 29.8 Å². The van der Waals surface area contributed by atoms with E-state index in [0.29, 0.717) is 28.0 Å². The molecule has 0 saturated carbocycles. The predicted molar refractivity (Wildman–Crippen MR) is 104 cm³/mol. The number of thiazole rings is 1. The van der Waals surface area contributed by atoms with Gasteiger partial charge in [-0.1, -0.05) is 41.9 Å². The van der Waals surface area contributed by atoms with E-state index in [1.165, 1.54) is 11.3 Å². The van der Waals surface area contributed by atoms with Crippen molar-refractivity contribution in [3.63, 3.8) is 0 Å². The fraction of sp³-hybridized carbons (Fsp3) is 0.105. The van der Waals surface area contributed by atoms with Crippen LogP contribution in [0.5, 0.6) is 0 Å². The number of rotatable bonds is 6. The highest BCUT2D eigenvalue weighted by molar-refractivity contribution is 7.14. The first-order valence-electron chi connectivity index (χ1n) is 7.92. The maximum atomic E-state index is 12.1. The Morgan fingerprint density at radius 1 is 1.04 bits per heavy atom. The van der Waals surface area contributed by atoms with Crippen LogP contribution in [-0.2, 0) is 17.8 Å². The van der Waals surface area contributed by atoms with Gasteiger partial charge in [0.1, 0.15) is 0 Å². The first kappa shape index (κ1) is 18.1. The molecule has 0 atom stereocenters. The van der Waals surface area contributed by atoms with Crippen molar-refractivity contribution in [2.75, 3.05) is 5.32 Å². The number of carbonyl (C=O) groups is 2. The largest absolute Gasteiger partial charge is 0.352 e. The molecule has 2 amide bonds. The zero-order valence-corrected chi connectivity index (χ0v) is 15.3. The molecule has 5 nitrogen and oxygen atoms in total. The van der Waals surface area contributed by atoms with Gasteiger partial charge in [0.15, 0.2) is 5.13 Å². The lowest BCUT2D eigenvalue weighted by Crippen LogP contribution is -2.24. The molecule has 132 valence electrons. The van der Waals surface area contributed by atoms with E-state index in [9.17, 15) is 9.59 Å². The number of halogens is 1. The molecule has 26 heavy (non-hydrogen) atoms. The van der Waals surface area contributed by atoms with E-state index in [0.717, 1.165) is 5.56 Å². The van der Waals surface area contributed by atoms with E-state index >= 15 is 0 Å². The Hall–Kier alpha value is -2.70. The minimum absolute atomic E-state index is 0.116. The number of aromatic nitrogens is 1. The van der Waals surface area contributed by atoms with E-state index in [2.05, 4.69) is 15.6 Å². The minimum Gasteiger partial charge on any atom is -0.352 e. The number of carbonyl (C=O) groups excluding carboxylic acids is 2. The van der Waals surface area contributed by atoms with Crippen molar-refractivity contribution in [3.8, 4) is 0 Å². The lowest BCUT2D eigenvalue weighted by Gasteiger charge is -2.04. The number of nitrogens with one attached hydrogen (secondary N) is 2. The predicted octanol–water partition coefficient (Wildman–Crippen LogP) is 3.91. The number of benzene rings is 2. The molecule has 3 rings (SSSR count). The van der Waals surface area contributed by atoms with Gasteiger partial charge in [-0.2, -0.15) is 0 Å². The van der Waals surface area contributed by atoms with Gasteiger partial charge in [-0.15, -0.1) is 11.3 Å². The van der Waals surface area contributed by atoms with Crippen LogP contribution in [0.4, 0.5) is 5.13 Å². The molecule has 0 aliphatic carbocycles. The van der Waals surface area contributed by atoms with Crippen molar-refractivity contribution in [2.45, 2.75) is 13.0 Å². The van der Waals surface area contributed by atoms with Gasteiger partial charge in [-0.25, -0.2) is 4.98 Å². The first-order chi connectivity index (χ1) is 12.6. The number of hydrogen-bond donors (Lipinski definition) is 2. The summed E-state index contributed by atoms with van der Waals surface area (Å²) in [5.41, 5.74) is 2.15. The molecule has 0 saturated heterocycles. The summed E-state index contributed by atoms with van der Waals surface area (Å²) in [7, 11) is 0. The molecule has 0 spiro atoms. The molecular formula is C19H16ClN3O2S. The highest BCUT2D eigenvalue weighted by Crippen LogP contribution is 2.17. The van der Waals surface area contributed by atoms with Crippen molar-refractivity contribution >= 4 is 39.9 Å². The van der Waals surface area contributed by atoms with Gasteiger partial charge >= 0.3 is 0 Å². The third-order valence-electron chi connectivity index (χ3n) is 3.55. The summed E-state index contributed by atoms with van der Waals surface area (Å²) in [5, 5.41) is 8.36. The zero-order chi connectivity index (χ0) is 18.4. The standard InChI is InChI=1S/C19H16ClN3O2S/c20-15-8-6-14(7-9-15)18(25)23-19-22-16(12-26-19)10-17(24)21-11-13-4-2-1-3-5-13/h1-9,12H,10-11H2,(H,21,24)(H,22,23,25). The van der Waals surface area contributed by atoms with Crippen LogP contribution in [0.3, 0.4) is 0 Å². The third kappa shape index (κ3) is 5.15. The van der Waals surface area contributed by atoms with Crippen molar-refractivity contribution in [1.29, 1.82) is 0 Å². The summed E-state index contributed by atoms with van der Waals surface area (Å²) in [5.74, 6) is -0.383. The van der Waals surface area contributed by atoms with Gasteiger partial charge in [0, 0.05) is 22.5 Å². The Kier molecular flexibility index (Phi) is 5.99. The van der Waals surface area contributed by atoms with E-state index in [1.807, 2.05) is 30.3 Å². The molecule has 0 unspecified atom stereocenters. The summed E-state index contributed by atoms with van der Waals surface area (Å²) in [6.45, 7) is 0.476. The molecule has 3 aromatic rings. The topological polar surface area (TPSA) is 71.1 Å². The third-order valence-corrected chi connectivity index (χ3v) is 4.61. The summed E-state index contributed by atoms with van der Waals surface area (Å²) >= 11 is 7.10. The maximum absolute atomic E-state index is 12.1. The summed E-state index contributed by atoms with van der Waals surface area (Å²) in [6.07, 6.45) is 0.167. The summed E-state index contributed by atoms with van der Waals surface area (Å²) < 4.78 is 0. The summed E-state index contributed by atoms with van der Waals surface area (Å²) in [6, 6.07) is 16.3. The Bertz CT molecular complexity index is 895. The molecule has 7 heteroatoms. The van der Waals surface area contributed by atoms with Gasteiger partial charge < -0.3 is 5.32 Å². The zero-order valence-electron chi connectivity index (χ0n) is 13.7. The Labute approximate surface area is 160 Å². The fourth-order valence-electron chi connectivity index (χ4n) is 2.24. The van der Waals surface area contributed by atoms with Crippen LogP contribution in [0.2, 0.25) is 5.02 Å². The van der Waals surface area contributed by atoms with Crippen molar-refractivity contribution in [2.24, 2.45) is 0 Å². The molecule has 0 aliphatic rings. The Morgan fingerprint density at radius 3 is 2.50 bits per heavy atom. The summed E-state index contributed by atoms with van der Waals surface area (Å²) in [4.78, 5) is 28.5. The quantitative estimate of drug-likeness (QED) is 0.675. The van der Waals surface area contributed by atoms with Crippen LogP contribution in [-0.4, -0.2) is 16.8 Å². The lowest BCUT2D eigenvalue weighted by molar-refractivity contribution is -0.120.